The Morgan fingerprint density at radius 2 is 2.00 bits per heavy atom. The van der Waals surface area contributed by atoms with Crippen LogP contribution in [0.1, 0.15) is 13.8 Å². The van der Waals surface area contributed by atoms with Crippen molar-refractivity contribution in [2.45, 2.75) is 32.0 Å². The first-order chi connectivity index (χ1) is 6.02. The molecule has 0 bridgehead atoms. The minimum Gasteiger partial charge on any atom is -0.369 e. The maximum Gasteiger partial charge on any atom is 0.299 e. The molecule has 2 aliphatic rings. The van der Waals surface area contributed by atoms with Crippen LogP contribution in [-0.4, -0.2) is 31.3 Å². The number of halogens is 2. The Morgan fingerprint density at radius 1 is 1.31 bits per heavy atom. The van der Waals surface area contributed by atoms with Crippen LogP contribution in [0.5, 0.6) is 0 Å². The van der Waals surface area contributed by atoms with E-state index in [1.807, 2.05) is 13.8 Å². The lowest BCUT2D eigenvalue weighted by atomic mass is 9.90. The maximum atomic E-state index is 13.1. The van der Waals surface area contributed by atoms with Gasteiger partial charge in [0.25, 0.3) is 5.92 Å². The lowest BCUT2D eigenvalue weighted by Gasteiger charge is -2.18. The Kier molecular flexibility index (Phi) is 2.07. The molecule has 76 valence electrons. The second-order valence-corrected chi connectivity index (χ2v) is 4.20. The monoisotopic (exact) mass is 192 g/mol. The zero-order valence-corrected chi connectivity index (χ0v) is 7.80. The lowest BCUT2D eigenvalue weighted by Crippen LogP contribution is -2.35. The van der Waals surface area contributed by atoms with Gasteiger partial charge in [-0.05, 0) is 5.92 Å². The van der Waals surface area contributed by atoms with Crippen LogP contribution < -0.4 is 0 Å². The summed E-state index contributed by atoms with van der Waals surface area (Å²) in [7, 11) is 0. The van der Waals surface area contributed by atoms with Crippen LogP contribution in [0, 0.1) is 11.8 Å². The summed E-state index contributed by atoms with van der Waals surface area (Å²) in [5.41, 5.74) is 0. The number of rotatable bonds is 1. The van der Waals surface area contributed by atoms with Gasteiger partial charge in [-0.3, -0.25) is 0 Å². The SMILES string of the molecule is CC(C)[C@H]1CO[C@H]2[C@@H]1OCC2(F)F. The summed E-state index contributed by atoms with van der Waals surface area (Å²) in [6, 6.07) is 0. The van der Waals surface area contributed by atoms with Gasteiger partial charge in [-0.25, -0.2) is 8.78 Å². The smallest absolute Gasteiger partial charge is 0.299 e. The van der Waals surface area contributed by atoms with Crippen LogP contribution in [0.15, 0.2) is 0 Å². The van der Waals surface area contributed by atoms with Crippen molar-refractivity contribution in [3.63, 3.8) is 0 Å². The molecule has 0 aromatic heterocycles. The van der Waals surface area contributed by atoms with Gasteiger partial charge in [-0.1, -0.05) is 13.8 Å². The van der Waals surface area contributed by atoms with Gasteiger partial charge in [0.15, 0.2) is 0 Å². The number of hydrogen-bond donors (Lipinski definition) is 0. The molecule has 2 aliphatic heterocycles. The quantitative estimate of drug-likeness (QED) is 0.629. The zero-order valence-electron chi connectivity index (χ0n) is 7.80. The molecule has 0 unspecified atom stereocenters. The van der Waals surface area contributed by atoms with Crippen LogP contribution in [0.3, 0.4) is 0 Å². The molecule has 2 nitrogen and oxygen atoms in total. The molecule has 13 heavy (non-hydrogen) atoms. The first-order valence-corrected chi connectivity index (χ1v) is 4.63. The highest BCUT2D eigenvalue weighted by atomic mass is 19.3. The topological polar surface area (TPSA) is 18.5 Å². The summed E-state index contributed by atoms with van der Waals surface area (Å²) >= 11 is 0. The molecule has 0 aliphatic carbocycles. The van der Waals surface area contributed by atoms with Gasteiger partial charge in [-0.15, -0.1) is 0 Å². The fourth-order valence-electron chi connectivity index (χ4n) is 2.06. The average molecular weight is 192 g/mol. The molecule has 0 N–H and O–H groups in total. The van der Waals surface area contributed by atoms with Crippen LogP contribution in [0.25, 0.3) is 0 Å². The van der Waals surface area contributed by atoms with Crippen molar-refractivity contribution < 1.29 is 18.3 Å². The van der Waals surface area contributed by atoms with Gasteiger partial charge in [0.05, 0.1) is 12.7 Å². The maximum absolute atomic E-state index is 13.1. The number of alkyl halides is 2. The van der Waals surface area contributed by atoms with Crippen molar-refractivity contribution in [2.75, 3.05) is 13.2 Å². The first-order valence-electron chi connectivity index (χ1n) is 4.63. The summed E-state index contributed by atoms with van der Waals surface area (Å²) in [4.78, 5) is 0. The molecule has 0 spiro atoms. The molecule has 0 aromatic carbocycles. The van der Waals surface area contributed by atoms with E-state index in [9.17, 15) is 8.78 Å². The largest absolute Gasteiger partial charge is 0.369 e. The van der Waals surface area contributed by atoms with Gasteiger partial charge in [0, 0.05) is 5.92 Å². The standard InChI is InChI=1S/C9H14F2O2/c1-5(2)6-3-12-8-7(6)13-4-9(8,10)11/h5-8H,3-4H2,1-2H3/t6-,7-,8+/m1/s1. The van der Waals surface area contributed by atoms with E-state index >= 15 is 0 Å². The van der Waals surface area contributed by atoms with Gasteiger partial charge in [0.2, 0.25) is 0 Å². The van der Waals surface area contributed by atoms with Crippen LogP contribution in [0.2, 0.25) is 0 Å². The molecule has 2 heterocycles. The second kappa shape index (κ2) is 2.89. The zero-order chi connectivity index (χ0) is 9.64. The third-order valence-corrected chi connectivity index (χ3v) is 2.93. The molecule has 2 saturated heterocycles. The molecule has 2 rings (SSSR count). The number of hydrogen-bond acceptors (Lipinski definition) is 2. The third kappa shape index (κ3) is 1.36. The van der Waals surface area contributed by atoms with E-state index in [1.165, 1.54) is 0 Å². The van der Waals surface area contributed by atoms with Gasteiger partial charge >= 0.3 is 0 Å². The third-order valence-electron chi connectivity index (χ3n) is 2.93. The Balaban J connectivity index is 2.12. The van der Waals surface area contributed by atoms with Crippen molar-refractivity contribution in [3.05, 3.63) is 0 Å². The Morgan fingerprint density at radius 3 is 2.62 bits per heavy atom. The van der Waals surface area contributed by atoms with Crippen LogP contribution >= 0.6 is 0 Å². The van der Waals surface area contributed by atoms with Crippen molar-refractivity contribution in [1.29, 1.82) is 0 Å². The second-order valence-electron chi connectivity index (χ2n) is 4.20. The first kappa shape index (κ1) is 9.34. The summed E-state index contributed by atoms with van der Waals surface area (Å²) < 4.78 is 36.4. The minimum atomic E-state index is -2.78. The fraction of sp³-hybridized carbons (Fsp3) is 1.00. The molecule has 0 aromatic rings. The average Bonchev–Trinajstić information content (AvgIpc) is 2.52. The van der Waals surface area contributed by atoms with Crippen LogP contribution in [-0.2, 0) is 9.47 Å². The van der Waals surface area contributed by atoms with E-state index in [4.69, 9.17) is 9.47 Å². The Hall–Kier alpha value is -0.220. The van der Waals surface area contributed by atoms with Crippen molar-refractivity contribution in [2.24, 2.45) is 11.8 Å². The highest BCUT2D eigenvalue weighted by Gasteiger charge is 2.58. The van der Waals surface area contributed by atoms with E-state index in [0.29, 0.717) is 12.5 Å². The normalized spacial score (nSPS) is 42.7. The molecule has 4 heteroatoms. The predicted octanol–water partition coefficient (Wildman–Crippen LogP) is 1.69. The van der Waals surface area contributed by atoms with Crippen molar-refractivity contribution >= 4 is 0 Å². The van der Waals surface area contributed by atoms with Crippen molar-refractivity contribution in [1.82, 2.24) is 0 Å². The molecular weight excluding hydrogens is 178 g/mol. The predicted molar refractivity (Wildman–Crippen MR) is 42.8 cm³/mol. The highest BCUT2D eigenvalue weighted by Crippen LogP contribution is 2.42. The number of ether oxygens (including phenoxy) is 2. The fourth-order valence-corrected chi connectivity index (χ4v) is 2.06. The molecule has 0 radical (unpaired) electrons. The summed E-state index contributed by atoms with van der Waals surface area (Å²) in [5.74, 6) is -2.32. The van der Waals surface area contributed by atoms with Crippen LogP contribution in [0.4, 0.5) is 8.78 Å². The van der Waals surface area contributed by atoms with Crippen molar-refractivity contribution in [3.8, 4) is 0 Å². The Labute approximate surface area is 76.2 Å². The summed E-state index contributed by atoms with van der Waals surface area (Å²) in [6.07, 6.45) is -1.39. The van der Waals surface area contributed by atoms with E-state index in [-0.39, 0.29) is 5.92 Å². The van der Waals surface area contributed by atoms with E-state index in [1.54, 1.807) is 0 Å². The Bertz CT molecular complexity index is 206. The van der Waals surface area contributed by atoms with E-state index < -0.39 is 24.7 Å². The summed E-state index contributed by atoms with van der Waals surface area (Å²) in [5, 5.41) is 0. The van der Waals surface area contributed by atoms with Gasteiger partial charge in [0.1, 0.15) is 12.7 Å². The summed E-state index contributed by atoms with van der Waals surface area (Å²) in [6.45, 7) is 3.95. The molecule has 2 fully saturated rings. The lowest BCUT2D eigenvalue weighted by molar-refractivity contribution is -0.0960. The van der Waals surface area contributed by atoms with Gasteiger partial charge < -0.3 is 9.47 Å². The van der Waals surface area contributed by atoms with E-state index in [2.05, 4.69) is 0 Å². The molecule has 0 amide bonds. The minimum absolute atomic E-state index is 0.123. The highest BCUT2D eigenvalue weighted by molar-refractivity contribution is 4.99. The molecule has 3 atom stereocenters. The van der Waals surface area contributed by atoms with Gasteiger partial charge in [-0.2, -0.15) is 0 Å². The number of fused-ring (bicyclic) bond motifs is 1. The molecule has 0 saturated carbocycles. The van der Waals surface area contributed by atoms with E-state index in [0.717, 1.165) is 0 Å². The molecular formula is C9H14F2O2.